The smallest absolute Gasteiger partial charge is 0.152 e. The molecule has 88 valence electrons. The van der Waals surface area contributed by atoms with Gasteiger partial charge in [-0.05, 0) is 19.1 Å². The van der Waals surface area contributed by atoms with Crippen LogP contribution < -0.4 is 5.32 Å². The highest BCUT2D eigenvalue weighted by atomic mass is 79.9. The molecule has 0 spiro atoms. The second kappa shape index (κ2) is 5.47. The molecule has 0 radical (unpaired) electrons. The number of benzene rings is 1. The summed E-state index contributed by atoms with van der Waals surface area (Å²) in [5, 5.41) is 3.88. The van der Waals surface area contributed by atoms with Crippen molar-refractivity contribution >= 4 is 33.3 Å². The van der Waals surface area contributed by atoms with E-state index in [1.54, 1.807) is 12.4 Å². The van der Waals surface area contributed by atoms with Gasteiger partial charge in [0.2, 0.25) is 0 Å². The molecule has 0 amide bonds. The lowest BCUT2D eigenvalue weighted by Gasteiger charge is -2.09. The van der Waals surface area contributed by atoms with Crippen LogP contribution in [0.4, 0.5) is 5.82 Å². The molecular weight excluding hydrogens is 302 g/mol. The first-order valence-electron chi connectivity index (χ1n) is 5.22. The van der Waals surface area contributed by atoms with E-state index in [-0.39, 0.29) is 0 Å². The fourth-order valence-corrected chi connectivity index (χ4v) is 2.38. The Morgan fingerprint density at radius 1 is 1.29 bits per heavy atom. The van der Waals surface area contributed by atoms with Gasteiger partial charge in [0.25, 0.3) is 0 Å². The minimum atomic E-state index is 0.689. The van der Waals surface area contributed by atoms with Crippen molar-refractivity contribution in [2.75, 3.05) is 11.9 Å². The Hall–Kier alpha value is -1.13. The molecule has 1 aromatic carbocycles. The van der Waals surface area contributed by atoms with Gasteiger partial charge >= 0.3 is 0 Å². The van der Waals surface area contributed by atoms with Crippen molar-refractivity contribution in [3.8, 4) is 11.3 Å². The average Bonchev–Trinajstić information content (AvgIpc) is 2.31. The zero-order valence-corrected chi connectivity index (χ0v) is 11.6. The van der Waals surface area contributed by atoms with Crippen LogP contribution in [0.5, 0.6) is 0 Å². The molecule has 17 heavy (non-hydrogen) atoms. The van der Waals surface area contributed by atoms with Crippen LogP contribution in [0.3, 0.4) is 0 Å². The summed E-state index contributed by atoms with van der Waals surface area (Å²) >= 11 is 9.41. The van der Waals surface area contributed by atoms with Crippen molar-refractivity contribution in [3.05, 3.63) is 40.1 Å². The second-order valence-electron chi connectivity index (χ2n) is 3.41. The third-order valence-electron chi connectivity index (χ3n) is 2.23. The van der Waals surface area contributed by atoms with E-state index in [0.717, 1.165) is 28.1 Å². The molecule has 0 fully saturated rings. The first kappa shape index (κ1) is 12.3. The summed E-state index contributed by atoms with van der Waals surface area (Å²) in [6.45, 7) is 2.83. The maximum atomic E-state index is 5.92. The molecule has 0 aliphatic rings. The molecule has 5 heteroatoms. The number of aromatic nitrogens is 2. The molecule has 1 heterocycles. The quantitative estimate of drug-likeness (QED) is 0.931. The normalized spacial score (nSPS) is 10.3. The van der Waals surface area contributed by atoms with Crippen molar-refractivity contribution in [1.82, 2.24) is 9.97 Å². The van der Waals surface area contributed by atoms with Gasteiger partial charge in [0.1, 0.15) is 5.69 Å². The minimum absolute atomic E-state index is 0.689. The van der Waals surface area contributed by atoms with Gasteiger partial charge in [-0.1, -0.05) is 33.6 Å². The predicted molar refractivity (Wildman–Crippen MR) is 74.3 cm³/mol. The molecule has 0 bridgehead atoms. The molecule has 3 nitrogen and oxygen atoms in total. The van der Waals surface area contributed by atoms with E-state index in [0.29, 0.717) is 5.02 Å². The van der Waals surface area contributed by atoms with E-state index in [1.807, 2.05) is 25.1 Å². The first-order valence-corrected chi connectivity index (χ1v) is 6.39. The molecule has 0 atom stereocenters. The van der Waals surface area contributed by atoms with Crippen LogP contribution in [-0.4, -0.2) is 16.5 Å². The second-order valence-corrected chi connectivity index (χ2v) is 4.70. The Labute approximate surface area is 113 Å². The third kappa shape index (κ3) is 2.76. The van der Waals surface area contributed by atoms with E-state index in [4.69, 9.17) is 11.6 Å². The van der Waals surface area contributed by atoms with Gasteiger partial charge in [0, 0.05) is 34.0 Å². The zero-order chi connectivity index (χ0) is 12.3. The molecule has 0 aliphatic heterocycles. The van der Waals surface area contributed by atoms with Gasteiger partial charge < -0.3 is 5.32 Å². The lowest BCUT2D eigenvalue weighted by Crippen LogP contribution is -2.02. The summed E-state index contributed by atoms with van der Waals surface area (Å²) in [5.41, 5.74) is 1.79. The fraction of sp³-hybridized carbons (Fsp3) is 0.167. The Kier molecular flexibility index (Phi) is 3.97. The van der Waals surface area contributed by atoms with Gasteiger partial charge in [0.05, 0.1) is 0 Å². The monoisotopic (exact) mass is 311 g/mol. The number of hydrogen-bond donors (Lipinski definition) is 1. The molecule has 2 rings (SSSR count). The van der Waals surface area contributed by atoms with Gasteiger partial charge in [-0.3, -0.25) is 4.98 Å². The van der Waals surface area contributed by atoms with Gasteiger partial charge in [-0.15, -0.1) is 0 Å². The van der Waals surface area contributed by atoms with Gasteiger partial charge in [-0.2, -0.15) is 0 Å². The van der Waals surface area contributed by atoms with Crippen molar-refractivity contribution in [3.63, 3.8) is 0 Å². The van der Waals surface area contributed by atoms with Crippen molar-refractivity contribution in [1.29, 1.82) is 0 Å². The topological polar surface area (TPSA) is 37.8 Å². The van der Waals surface area contributed by atoms with Crippen LogP contribution in [0.25, 0.3) is 11.3 Å². The highest BCUT2D eigenvalue weighted by Crippen LogP contribution is 2.32. The Morgan fingerprint density at radius 2 is 2.06 bits per heavy atom. The number of halogens is 2. The SMILES string of the molecule is CCNc1nccnc1-c1ccc(Cl)cc1Br. The van der Waals surface area contributed by atoms with Gasteiger partial charge in [-0.25, -0.2) is 4.98 Å². The fourth-order valence-electron chi connectivity index (χ4n) is 1.51. The molecule has 0 unspecified atom stereocenters. The molecule has 1 aromatic heterocycles. The summed E-state index contributed by atoms with van der Waals surface area (Å²) in [6.07, 6.45) is 3.35. The molecule has 2 aromatic rings. The van der Waals surface area contributed by atoms with E-state index in [9.17, 15) is 0 Å². The van der Waals surface area contributed by atoms with E-state index >= 15 is 0 Å². The van der Waals surface area contributed by atoms with Crippen molar-refractivity contribution < 1.29 is 0 Å². The summed E-state index contributed by atoms with van der Waals surface area (Å²) in [6, 6.07) is 5.62. The highest BCUT2D eigenvalue weighted by molar-refractivity contribution is 9.10. The number of nitrogens with one attached hydrogen (secondary N) is 1. The zero-order valence-electron chi connectivity index (χ0n) is 9.24. The number of nitrogens with zero attached hydrogens (tertiary/aromatic N) is 2. The summed E-state index contributed by atoms with van der Waals surface area (Å²) in [7, 11) is 0. The van der Waals surface area contributed by atoms with Crippen molar-refractivity contribution in [2.24, 2.45) is 0 Å². The van der Waals surface area contributed by atoms with Gasteiger partial charge in [0.15, 0.2) is 5.82 Å². The van der Waals surface area contributed by atoms with E-state index in [1.165, 1.54) is 0 Å². The lowest BCUT2D eigenvalue weighted by molar-refractivity contribution is 1.12. The largest absolute Gasteiger partial charge is 0.369 e. The Morgan fingerprint density at radius 3 is 2.76 bits per heavy atom. The van der Waals surface area contributed by atoms with Crippen LogP contribution in [0.15, 0.2) is 35.1 Å². The van der Waals surface area contributed by atoms with Crippen LogP contribution >= 0.6 is 27.5 Å². The first-order chi connectivity index (χ1) is 8.22. The number of rotatable bonds is 3. The molecular formula is C12H11BrClN3. The lowest BCUT2D eigenvalue weighted by atomic mass is 10.1. The summed E-state index contributed by atoms with van der Waals surface area (Å²) in [4.78, 5) is 8.64. The van der Waals surface area contributed by atoms with E-state index in [2.05, 4.69) is 31.2 Å². The number of anilines is 1. The summed E-state index contributed by atoms with van der Waals surface area (Å²) in [5.74, 6) is 0.776. The predicted octanol–water partition coefficient (Wildman–Crippen LogP) is 3.99. The molecule has 1 N–H and O–H groups in total. The highest BCUT2D eigenvalue weighted by Gasteiger charge is 2.10. The Balaban J connectivity index is 2.52. The Bertz CT molecular complexity index is 531. The average molecular weight is 313 g/mol. The van der Waals surface area contributed by atoms with Crippen molar-refractivity contribution in [2.45, 2.75) is 6.92 Å². The van der Waals surface area contributed by atoms with Crippen LogP contribution in [0, 0.1) is 0 Å². The van der Waals surface area contributed by atoms with Crippen LogP contribution in [0.2, 0.25) is 5.02 Å². The molecule has 0 saturated carbocycles. The number of hydrogen-bond acceptors (Lipinski definition) is 3. The van der Waals surface area contributed by atoms with Crippen LogP contribution in [-0.2, 0) is 0 Å². The molecule has 0 aliphatic carbocycles. The van der Waals surface area contributed by atoms with Crippen LogP contribution in [0.1, 0.15) is 6.92 Å². The standard InChI is InChI=1S/C12H11BrClN3/c1-2-15-12-11(16-5-6-17-12)9-4-3-8(14)7-10(9)13/h3-7H,2H2,1H3,(H,15,17). The van der Waals surface area contributed by atoms with E-state index < -0.39 is 0 Å². The third-order valence-corrected chi connectivity index (χ3v) is 3.12. The minimum Gasteiger partial charge on any atom is -0.369 e. The molecule has 0 saturated heterocycles. The summed E-state index contributed by atoms with van der Waals surface area (Å²) < 4.78 is 0.907. The maximum Gasteiger partial charge on any atom is 0.152 e. The maximum absolute atomic E-state index is 5.92.